The van der Waals surface area contributed by atoms with E-state index in [0.717, 1.165) is 51.4 Å². The van der Waals surface area contributed by atoms with E-state index < -0.39 is 38.9 Å². The number of unbranched alkanes of at least 4 members (excludes halogenated alkanes) is 25. The van der Waals surface area contributed by atoms with Crippen molar-refractivity contribution in [2.45, 2.75) is 219 Å². The molecule has 0 aliphatic rings. The van der Waals surface area contributed by atoms with Crippen LogP contribution in [-0.2, 0) is 42.5 Å². The van der Waals surface area contributed by atoms with Gasteiger partial charge in [0, 0.05) is 17.4 Å². The maximum Gasteiger partial charge on any atom is 0.728 e. The molecule has 12 heteroatoms. The molecule has 0 spiro atoms. The fraction of sp³-hybridized carbons (Fsp3) is 0.881. The highest BCUT2D eigenvalue weighted by Gasteiger charge is 2.28. The Kier molecular flexibility index (Phi) is 39.3. The van der Waals surface area contributed by atoms with Crippen LogP contribution in [0.25, 0.3) is 0 Å². The minimum absolute atomic E-state index is 0.215. The third kappa shape index (κ3) is 38.4. The van der Waals surface area contributed by atoms with Crippen molar-refractivity contribution in [3.05, 3.63) is 12.2 Å². The molecule has 0 aromatic heterocycles. The quantitative estimate of drug-likeness (QED) is 0.0151. The van der Waals surface area contributed by atoms with E-state index in [-0.39, 0.29) is 32.0 Å². The Labute approximate surface area is 329 Å². The van der Waals surface area contributed by atoms with E-state index in [2.05, 4.69) is 30.7 Å². The van der Waals surface area contributed by atoms with E-state index in [9.17, 15) is 18.9 Å². The monoisotopic (exact) mass is 789 g/mol. The Morgan fingerprint density at radius 3 is 1.43 bits per heavy atom. The predicted octanol–water partition coefficient (Wildman–Crippen LogP) is 11.8. The van der Waals surface area contributed by atoms with Gasteiger partial charge in [0.15, 0.2) is 6.10 Å². The summed E-state index contributed by atoms with van der Waals surface area (Å²) in [5, 5.41) is 8.82. The average Bonchev–Trinajstić information content (AvgIpc) is 3.15. The fourth-order valence-corrected chi connectivity index (χ4v) is 6.46. The van der Waals surface area contributed by atoms with Crippen molar-refractivity contribution in [2.75, 3.05) is 19.8 Å². The number of hydrogen-bond acceptors (Lipinski definition) is 10. The number of nitrogens with two attached hydrogens (primary N) is 1. The number of carboxylic acids is 1. The van der Waals surface area contributed by atoms with Gasteiger partial charge in [-0.15, -0.1) is 4.52 Å². The molecule has 2 unspecified atom stereocenters. The molecule has 3 N–H and O–H groups in total. The molecule has 0 bridgehead atoms. The molecule has 0 radical (unpaired) electrons. The van der Waals surface area contributed by atoms with Crippen molar-refractivity contribution in [3.8, 4) is 0 Å². The number of carbonyl (C=O) groups excluding carboxylic acids is 2. The lowest BCUT2D eigenvalue weighted by Gasteiger charge is -2.16. The van der Waals surface area contributed by atoms with Gasteiger partial charge in [-0.25, -0.2) is 0 Å². The van der Waals surface area contributed by atoms with Crippen molar-refractivity contribution in [3.63, 3.8) is 0 Å². The van der Waals surface area contributed by atoms with Gasteiger partial charge in [-0.05, 0) is 38.5 Å². The Hall–Kier alpha value is -1.91. The largest absolute Gasteiger partial charge is 0.728 e. The highest BCUT2D eigenvalue weighted by molar-refractivity contribution is 7.33. The molecular formula is C42H79NO10P+. The summed E-state index contributed by atoms with van der Waals surface area (Å²) < 4.78 is 32.1. The first-order valence-electron chi connectivity index (χ1n) is 21.7. The molecule has 0 aliphatic heterocycles. The van der Waals surface area contributed by atoms with Crippen LogP contribution in [0.1, 0.15) is 206 Å². The van der Waals surface area contributed by atoms with Crippen molar-refractivity contribution < 1.29 is 47.6 Å². The standard InChI is InChI=1S/C42H78NO10P/c1-3-5-7-9-11-13-15-17-19-21-23-25-27-29-31-33-40(44)49-35-38(36-50-53-54(48)51-37-39(43)42(46)47)52-41(45)34-32-30-28-26-24-22-20-18-16-14-12-10-8-6-4-2/h18,20,38-39H,3-17,19,21-37,43H2,1-2H3/p+1/b20-18-/t38-,39?/m1/s1. The number of ether oxygens (including phenoxy) is 2. The second kappa shape index (κ2) is 40.7. The Morgan fingerprint density at radius 2 is 0.981 bits per heavy atom. The summed E-state index contributed by atoms with van der Waals surface area (Å²) in [6.45, 7) is 3.36. The van der Waals surface area contributed by atoms with Crippen LogP contribution in [0.2, 0.25) is 0 Å². The highest BCUT2D eigenvalue weighted by atomic mass is 31.1. The third-order valence-corrected chi connectivity index (χ3v) is 9.99. The molecule has 0 aromatic carbocycles. The Balaban J connectivity index is 4.27. The molecule has 316 valence electrons. The summed E-state index contributed by atoms with van der Waals surface area (Å²) in [5.41, 5.74) is 5.32. The van der Waals surface area contributed by atoms with Crippen LogP contribution < -0.4 is 5.73 Å². The van der Waals surface area contributed by atoms with Crippen LogP contribution >= 0.6 is 8.25 Å². The van der Waals surface area contributed by atoms with E-state index >= 15 is 0 Å². The SMILES string of the molecule is CCCCCCCC/C=C\CCCCCCCC(=O)O[C@@H](COO[P+](=O)OCC(N)C(=O)O)COC(=O)CCCCCCCCCCCCCCCCC. The Morgan fingerprint density at radius 1 is 0.574 bits per heavy atom. The molecule has 3 atom stereocenters. The third-order valence-electron chi connectivity index (χ3n) is 9.40. The average molecular weight is 789 g/mol. The summed E-state index contributed by atoms with van der Waals surface area (Å²) in [6, 6.07) is -1.37. The lowest BCUT2D eigenvalue weighted by atomic mass is 10.0. The Bertz CT molecular complexity index is 935. The summed E-state index contributed by atoms with van der Waals surface area (Å²) in [5.74, 6) is -2.16. The van der Waals surface area contributed by atoms with Gasteiger partial charge in [0.2, 0.25) is 0 Å². The second-order valence-electron chi connectivity index (χ2n) is 14.7. The van der Waals surface area contributed by atoms with Gasteiger partial charge >= 0.3 is 26.2 Å². The zero-order valence-corrected chi connectivity index (χ0v) is 35.2. The van der Waals surface area contributed by atoms with Crippen LogP contribution in [-0.4, -0.2) is 55.0 Å². The van der Waals surface area contributed by atoms with E-state index in [4.69, 9.17) is 29.7 Å². The molecular weight excluding hydrogens is 709 g/mol. The van der Waals surface area contributed by atoms with Crippen LogP contribution in [0.5, 0.6) is 0 Å². The molecule has 0 saturated heterocycles. The van der Waals surface area contributed by atoms with Gasteiger partial charge in [-0.2, -0.15) is 4.89 Å². The van der Waals surface area contributed by atoms with Crippen LogP contribution in [0, 0.1) is 0 Å². The first kappa shape index (κ1) is 52.1. The van der Waals surface area contributed by atoms with Gasteiger partial charge in [-0.3, -0.25) is 14.4 Å². The highest BCUT2D eigenvalue weighted by Crippen LogP contribution is 2.24. The minimum atomic E-state index is -2.83. The summed E-state index contributed by atoms with van der Waals surface area (Å²) in [6.07, 6.45) is 37.7. The van der Waals surface area contributed by atoms with Gasteiger partial charge in [0.05, 0.1) is 4.67 Å². The molecule has 0 saturated carbocycles. The summed E-state index contributed by atoms with van der Waals surface area (Å²) in [4.78, 5) is 40.7. The van der Waals surface area contributed by atoms with Gasteiger partial charge in [-0.1, -0.05) is 167 Å². The fourth-order valence-electron chi connectivity index (χ4n) is 5.98. The van der Waals surface area contributed by atoms with E-state index in [1.54, 1.807) is 0 Å². The van der Waals surface area contributed by atoms with Crippen molar-refractivity contribution in [1.29, 1.82) is 0 Å². The first-order chi connectivity index (χ1) is 26.3. The smallest absolute Gasteiger partial charge is 0.480 e. The van der Waals surface area contributed by atoms with Gasteiger partial charge < -0.3 is 20.3 Å². The zero-order chi connectivity index (χ0) is 39.7. The normalized spacial score (nSPS) is 12.9. The molecule has 11 nitrogen and oxygen atoms in total. The van der Waals surface area contributed by atoms with E-state index in [1.807, 2.05) is 0 Å². The number of allylic oxidation sites excluding steroid dienone is 2. The first-order valence-corrected chi connectivity index (χ1v) is 22.8. The molecule has 0 fully saturated rings. The number of rotatable bonds is 42. The molecule has 0 amide bonds. The van der Waals surface area contributed by atoms with E-state index in [0.29, 0.717) is 6.42 Å². The minimum Gasteiger partial charge on any atom is -0.480 e. The van der Waals surface area contributed by atoms with Crippen LogP contribution in [0.4, 0.5) is 0 Å². The molecule has 0 aromatic rings. The van der Waals surface area contributed by atoms with Crippen molar-refractivity contribution in [1.82, 2.24) is 0 Å². The van der Waals surface area contributed by atoms with Crippen molar-refractivity contribution >= 4 is 26.2 Å². The predicted molar refractivity (Wildman–Crippen MR) is 216 cm³/mol. The zero-order valence-electron chi connectivity index (χ0n) is 34.3. The number of carboxylic acid groups (broad SMARTS) is 1. The van der Waals surface area contributed by atoms with Crippen molar-refractivity contribution in [2.24, 2.45) is 5.73 Å². The number of esters is 2. The lowest BCUT2D eigenvalue weighted by molar-refractivity contribution is -0.234. The maximum atomic E-state index is 12.6. The number of carbonyl (C=O) groups is 3. The summed E-state index contributed by atoms with van der Waals surface area (Å²) >= 11 is 0. The van der Waals surface area contributed by atoms with Gasteiger partial charge in [0.25, 0.3) is 0 Å². The number of aliphatic carboxylic acids is 1. The number of hydrogen-bond donors (Lipinski definition) is 2. The molecule has 54 heavy (non-hydrogen) atoms. The summed E-state index contributed by atoms with van der Waals surface area (Å²) in [7, 11) is -2.83. The lowest BCUT2D eigenvalue weighted by Crippen LogP contribution is -2.34. The maximum absolute atomic E-state index is 12.6. The van der Waals surface area contributed by atoms with Crippen LogP contribution in [0.3, 0.4) is 0 Å². The topological polar surface area (TPSA) is 161 Å². The van der Waals surface area contributed by atoms with E-state index in [1.165, 1.54) is 122 Å². The van der Waals surface area contributed by atoms with Crippen LogP contribution in [0.15, 0.2) is 12.2 Å². The molecule has 0 aliphatic carbocycles. The molecule has 0 rings (SSSR count). The second-order valence-corrected chi connectivity index (χ2v) is 15.5. The molecule has 0 heterocycles. The van der Waals surface area contributed by atoms with Gasteiger partial charge in [0.1, 0.15) is 25.9 Å².